The number of carbonyl (C=O) groups excluding carboxylic acids is 1. The predicted molar refractivity (Wildman–Crippen MR) is 148 cm³/mol. The number of aliphatic hydroxyl groups excluding tert-OH is 3. The van der Waals surface area contributed by atoms with Crippen LogP contribution in [0.25, 0.3) is 0 Å². The van der Waals surface area contributed by atoms with E-state index >= 15 is 0 Å². The second-order valence-electron chi connectivity index (χ2n) is 14.5. The maximum absolute atomic E-state index is 12.9. The molecule has 5 fully saturated rings. The van der Waals surface area contributed by atoms with Gasteiger partial charge in [0.1, 0.15) is 5.25 Å². The van der Waals surface area contributed by atoms with E-state index in [4.69, 9.17) is 0 Å². The van der Waals surface area contributed by atoms with Crippen LogP contribution in [0.1, 0.15) is 91.9 Å². The van der Waals surface area contributed by atoms with Crippen LogP contribution in [0.4, 0.5) is 0 Å². The summed E-state index contributed by atoms with van der Waals surface area (Å²) in [5, 5.41) is 33.3. The summed E-state index contributed by atoms with van der Waals surface area (Å²) in [6, 6.07) is 0. The molecule has 1 heterocycles. The highest BCUT2D eigenvalue weighted by Crippen LogP contribution is 2.69. The molecule has 0 bridgehead atoms. The molecule has 8 nitrogen and oxygen atoms in total. The monoisotopic (exact) mass is 569 g/mol. The van der Waals surface area contributed by atoms with Gasteiger partial charge in [-0.1, -0.05) is 34.1 Å². The Morgan fingerprint density at radius 2 is 1.74 bits per heavy atom. The zero-order valence-corrected chi connectivity index (χ0v) is 25.0. The van der Waals surface area contributed by atoms with E-state index in [-0.39, 0.29) is 77.2 Å². The Hall–Kier alpha value is -0.740. The topological polar surface area (TPSA) is 135 Å². The first-order valence-electron chi connectivity index (χ1n) is 15.5. The van der Waals surface area contributed by atoms with Crippen LogP contribution < -0.4 is 0 Å². The SMILES string of the molecule is CC[C@H]1[C@@H](O)[C@@H]2[C@H](C[C@H](O)[C@]3(C)[C@@H]([C@H](C)CCC(=O)N4CC[C@H](S(=O)(=O)O)C4)CC[C@@H]23)[C@@]2(C)CC[C@@H](O)C[C@@H]12. The molecule has 1 aliphatic heterocycles. The maximum atomic E-state index is 12.9. The molecule has 0 aromatic carbocycles. The molecule has 4 N–H and O–H groups in total. The Morgan fingerprint density at radius 1 is 1.03 bits per heavy atom. The van der Waals surface area contributed by atoms with Gasteiger partial charge in [0.2, 0.25) is 5.91 Å². The molecule has 0 aromatic heterocycles. The third-order valence-electron chi connectivity index (χ3n) is 13.0. The van der Waals surface area contributed by atoms with Crippen molar-refractivity contribution in [3.8, 4) is 0 Å². The molecule has 1 amide bonds. The Labute approximate surface area is 234 Å². The number of nitrogens with zero attached hydrogens (tertiary/aromatic N) is 1. The van der Waals surface area contributed by atoms with Gasteiger partial charge in [0.25, 0.3) is 10.1 Å². The zero-order chi connectivity index (χ0) is 28.5. The van der Waals surface area contributed by atoms with Gasteiger partial charge >= 0.3 is 0 Å². The number of aliphatic hydroxyl groups is 3. The molecule has 1 saturated heterocycles. The van der Waals surface area contributed by atoms with E-state index in [1.807, 2.05) is 0 Å². The summed E-state index contributed by atoms with van der Waals surface area (Å²) in [6.07, 6.45) is 6.19. The van der Waals surface area contributed by atoms with E-state index in [1.54, 1.807) is 4.90 Å². The second kappa shape index (κ2) is 10.5. The number of hydrogen-bond acceptors (Lipinski definition) is 6. The Kier molecular flexibility index (Phi) is 8.02. The van der Waals surface area contributed by atoms with E-state index in [0.29, 0.717) is 25.8 Å². The van der Waals surface area contributed by atoms with Crippen molar-refractivity contribution in [1.29, 1.82) is 0 Å². The molecule has 5 aliphatic rings. The standard InChI is InChI=1S/C30H51NO7S/c1-5-20-23-14-18(32)10-12-29(23,3)24-15-25(33)30(4)21(7-8-22(30)27(24)28(20)35)17(2)6-9-26(34)31-13-11-19(16-31)39(36,37)38/h17-25,27-28,32-33,35H,5-16H2,1-4H3,(H,36,37,38)/t17-,18-,19+,20-,21-,22+,23+,24+,25+,27+,28-,29+,30-/m1/s1. The molecule has 9 heteroatoms. The highest BCUT2D eigenvalue weighted by molar-refractivity contribution is 7.86. The summed E-state index contributed by atoms with van der Waals surface area (Å²) >= 11 is 0. The Bertz CT molecular complexity index is 1040. The minimum atomic E-state index is -4.13. The van der Waals surface area contributed by atoms with E-state index in [2.05, 4.69) is 27.7 Å². The summed E-state index contributed by atoms with van der Waals surface area (Å²) in [5.74, 6) is 1.50. The molecule has 4 aliphatic carbocycles. The van der Waals surface area contributed by atoms with Crippen molar-refractivity contribution in [2.75, 3.05) is 13.1 Å². The molecule has 0 unspecified atom stereocenters. The van der Waals surface area contributed by atoms with Crippen LogP contribution in [0.3, 0.4) is 0 Å². The van der Waals surface area contributed by atoms with Crippen molar-refractivity contribution < 1.29 is 33.1 Å². The quantitative estimate of drug-likeness (QED) is 0.360. The summed E-state index contributed by atoms with van der Waals surface area (Å²) in [6.45, 7) is 9.37. The molecule has 4 saturated carbocycles. The molecular formula is C30H51NO7S. The first-order chi connectivity index (χ1) is 18.2. The molecule has 5 rings (SSSR count). The van der Waals surface area contributed by atoms with Gasteiger partial charge in [-0.25, -0.2) is 0 Å². The van der Waals surface area contributed by atoms with Crippen molar-refractivity contribution >= 4 is 16.0 Å². The fraction of sp³-hybridized carbons (Fsp3) is 0.967. The van der Waals surface area contributed by atoms with Crippen molar-refractivity contribution in [2.24, 2.45) is 52.3 Å². The third-order valence-corrected chi connectivity index (χ3v) is 14.2. The molecule has 0 spiro atoms. The lowest BCUT2D eigenvalue weighted by atomic mass is 9.41. The predicted octanol–water partition coefficient (Wildman–Crippen LogP) is 3.49. The lowest BCUT2D eigenvalue weighted by Crippen LogP contribution is -2.65. The first kappa shape index (κ1) is 29.7. The van der Waals surface area contributed by atoms with Gasteiger partial charge < -0.3 is 20.2 Å². The van der Waals surface area contributed by atoms with Crippen LogP contribution in [0.15, 0.2) is 0 Å². The first-order valence-corrected chi connectivity index (χ1v) is 17.0. The minimum Gasteiger partial charge on any atom is -0.393 e. The largest absolute Gasteiger partial charge is 0.393 e. The van der Waals surface area contributed by atoms with Crippen LogP contribution in [-0.4, -0.2) is 75.7 Å². The Balaban J connectivity index is 1.30. The number of amides is 1. The van der Waals surface area contributed by atoms with Crippen LogP contribution >= 0.6 is 0 Å². The third kappa shape index (κ3) is 4.80. The zero-order valence-electron chi connectivity index (χ0n) is 24.2. The lowest BCUT2D eigenvalue weighted by molar-refractivity contribution is -0.228. The average molecular weight is 570 g/mol. The van der Waals surface area contributed by atoms with Crippen LogP contribution in [0.2, 0.25) is 0 Å². The molecule has 224 valence electrons. The van der Waals surface area contributed by atoms with Gasteiger partial charge in [0, 0.05) is 19.5 Å². The van der Waals surface area contributed by atoms with Gasteiger partial charge in [-0.3, -0.25) is 9.35 Å². The van der Waals surface area contributed by atoms with Crippen molar-refractivity contribution in [3.63, 3.8) is 0 Å². The van der Waals surface area contributed by atoms with Gasteiger partial charge in [0.15, 0.2) is 0 Å². The van der Waals surface area contributed by atoms with E-state index in [0.717, 1.165) is 38.5 Å². The van der Waals surface area contributed by atoms with Crippen LogP contribution in [-0.2, 0) is 14.9 Å². The Morgan fingerprint density at radius 3 is 2.38 bits per heavy atom. The smallest absolute Gasteiger partial charge is 0.269 e. The highest BCUT2D eigenvalue weighted by Gasteiger charge is 2.67. The summed E-state index contributed by atoms with van der Waals surface area (Å²) < 4.78 is 32.3. The summed E-state index contributed by atoms with van der Waals surface area (Å²) in [5.41, 5.74) is -0.290. The lowest BCUT2D eigenvalue weighted by Gasteiger charge is -2.65. The van der Waals surface area contributed by atoms with E-state index in [1.165, 1.54) is 0 Å². The average Bonchev–Trinajstić information content (AvgIpc) is 3.51. The summed E-state index contributed by atoms with van der Waals surface area (Å²) in [4.78, 5) is 14.5. The molecule has 0 radical (unpaired) electrons. The number of likely N-dealkylation sites (tertiary alicyclic amines) is 1. The van der Waals surface area contributed by atoms with Crippen molar-refractivity contribution in [1.82, 2.24) is 4.90 Å². The second-order valence-corrected chi connectivity index (χ2v) is 16.2. The number of hydrogen-bond donors (Lipinski definition) is 4. The molecular weight excluding hydrogens is 518 g/mol. The van der Waals surface area contributed by atoms with Gasteiger partial charge in [-0.2, -0.15) is 8.42 Å². The number of rotatable bonds is 6. The van der Waals surface area contributed by atoms with Crippen molar-refractivity contribution in [3.05, 3.63) is 0 Å². The fourth-order valence-corrected chi connectivity index (χ4v) is 11.6. The molecule has 13 atom stereocenters. The normalized spacial score (nSPS) is 48.8. The maximum Gasteiger partial charge on any atom is 0.269 e. The van der Waals surface area contributed by atoms with Gasteiger partial charge in [-0.05, 0) is 104 Å². The van der Waals surface area contributed by atoms with E-state index < -0.39 is 27.6 Å². The number of fused-ring (bicyclic) bond motifs is 5. The fourth-order valence-electron chi connectivity index (χ4n) is 10.8. The molecule has 39 heavy (non-hydrogen) atoms. The van der Waals surface area contributed by atoms with Gasteiger partial charge in [0.05, 0.1) is 18.3 Å². The van der Waals surface area contributed by atoms with E-state index in [9.17, 15) is 33.1 Å². The molecule has 0 aromatic rings. The highest BCUT2D eigenvalue weighted by atomic mass is 32.2. The van der Waals surface area contributed by atoms with Crippen molar-refractivity contribution in [2.45, 2.75) is 115 Å². The van der Waals surface area contributed by atoms with Crippen LogP contribution in [0.5, 0.6) is 0 Å². The number of carbonyl (C=O) groups is 1. The van der Waals surface area contributed by atoms with Gasteiger partial charge in [-0.15, -0.1) is 0 Å². The summed E-state index contributed by atoms with van der Waals surface area (Å²) in [7, 11) is -4.13. The van der Waals surface area contributed by atoms with Crippen LogP contribution in [0, 0.1) is 52.3 Å². The minimum absolute atomic E-state index is 0.0257.